The van der Waals surface area contributed by atoms with Gasteiger partial charge in [0, 0.05) is 30.1 Å². The zero-order valence-corrected chi connectivity index (χ0v) is 17.6. The van der Waals surface area contributed by atoms with Crippen molar-refractivity contribution >= 4 is 5.91 Å². The number of carbonyl (C=O) groups excluding carboxylic acids is 1. The Balaban J connectivity index is 1.57. The topological polar surface area (TPSA) is 67.6 Å². The molecule has 2 aliphatic rings. The Labute approximate surface area is 179 Å². The molecule has 2 aliphatic heterocycles. The number of likely N-dealkylation sites (tertiary alicyclic amines) is 1. The molecule has 5 heteroatoms. The third-order valence-electron chi connectivity index (χ3n) is 6.39. The monoisotopic (exact) mass is 407 g/mol. The summed E-state index contributed by atoms with van der Waals surface area (Å²) >= 11 is 0. The summed E-state index contributed by atoms with van der Waals surface area (Å²) in [5.41, 5.74) is 7.57. The van der Waals surface area contributed by atoms with Gasteiger partial charge in [0.15, 0.2) is 0 Å². The Morgan fingerprint density at radius 3 is 2.80 bits per heavy atom. The Morgan fingerprint density at radius 2 is 1.97 bits per heavy atom. The van der Waals surface area contributed by atoms with Gasteiger partial charge in [-0.2, -0.15) is 0 Å². The van der Waals surface area contributed by atoms with Gasteiger partial charge in [0.1, 0.15) is 5.75 Å². The van der Waals surface area contributed by atoms with Gasteiger partial charge in [-0.1, -0.05) is 49.2 Å². The number of carbonyl (C=O) groups is 1. The molecule has 30 heavy (non-hydrogen) atoms. The van der Waals surface area contributed by atoms with Crippen LogP contribution in [0.2, 0.25) is 0 Å². The molecule has 2 heterocycles. The number of nitrogens with two attached hydrogens (primary N) is 1. The molecule has 0 spiro atoms. The number of ether oxygens (including phenoxy) is 1. The summed E-state index contributed by atoms with van der Waals surface area (Å²) < 4.78 is 5.77. The largest absolute Gasteiger partial charge is 0.494 e. The lowest BCUT2D eigenvalue weighted by Gasteiger charge is -2.31. The minimum Gasteiger partial charge on any atom is -0.494 e. The van der Waals surface area contributed by atoms with Crippen LogP contribution in [0.3, 0.4) is 0 Å². The zero-order valence-electron chi connectivity index (χ0n) is 17.6. The van der Waals surface area contributed by atoms with Crippen LogP contribution < -0.4 is 15.8 Å². The van der Waals surface area contributed by atoms with Gasteiger partial charge in [0.25, 0.3) is 5.91 Å². The second-order valence-corrected chi connectivity index (χ2v) is 8.39. The van der Waals surface area contributed by atoms with Gasteiger partial charge >= 0.3 is 0 Å². The average Bonchev–Trinajstić information content (AvgIpc) is 3.11. The minimum atomic E-state index is 0.107. The van der Waals surface area contributed by atoms with Gasteiger partial charge in [-0.15, -0.1) is 0 Å². The summed E-state index contributed by atoms with van der Waals surface area (Å²) in [7, 11) is 0. The summed E-state index contributed by atoms with van der Waals surface area (Å²) in [5, 5.41) is 3.78. The lowest BCUT2D eigenvalue weighted by atomic mass is 9.88. The number of benzene rings is 2. The fourth-order valence-corrected chi connectivity index (χ4v) is 4.87. The molecule has 2 fully saturated rings. The van der Waals surface area contributed by atoms with Crippen LogP contribution in [0.15, 0.2) is 54.6 Å². The molecule has 1 amide bonds. The molecule has 4 rings (SSSR count). The van der Waals surface area contributed by atoms with Crippen molar-refractivity contribution in [3.8, 4) is 5.75 Å². The van der Waals surface area contributed by atoms with Crippen molar-refractivity contribution < 1.29 is 9.53 Å². The lowest BCUT2D eigenvalue weighted by molar-refractivity contribution is 0.0712. The molecule has 5 nitrogen and oxygen atoms in total. The van der Waals surface area contributed by atoms with E-state index in [2.05, 4.69) is 40.5 Å². The van der Waals surface area contributed by atoms with Crippen LogP contribution in [0, 0.1) is 0 Å². The fraction of sp³-hybridized carbons (Fsp3) is 0.480. The smallest absolute Gasteiger partial charge is 0.254 e. The van der Waals surface area contributed by atoms with Gasteiger partial charge in [0.2, 0.25) is 0 Å². The first kappa shape index (κ1) is 20.9. The first-order valence-corrected chi connectivity index (χ1v) is 11.3. The second kappa shape index (κ2) is 10.1. The third kappa shape index (κ3) is 4.68. The van der Waals surface area contributed by atoms with Crippen LogP contribution in [-0.4, -0.2) is 49.1 Å². The maximum Gasteiger partial charge on any atom is 0.254 e. The number of fused-ring (bicyclic) bond motifs is 1. The van der Waals surface area contributed by atoms with E-state index in [4.69, 9.17) is 10.5 Å². The summed E-state index contributed by atoms with van der Waals surface area (Å²) in [5.74, 6) is 1.16. The van der Waals surface area contributed by atoms with Crippen molar-refractivity contribution in [1.29, 1.82) is 0 Å². The summed E-state index contributed by atoms with van der Waals surface area (Å²) in [4.78, 5) is 15.7. The predicted molar refractivity (Wildman–Crippen MR) is 120 cm³/mol. The van der Waals surface area contributed by atoms with Crippen LogP contribution in [0.4, 0.5) is 0 Å². The Bertz CT molecular complexity index is 826. The van der Waals surface area contributed by atoms with Crippen LogP contribution in [0.25, 0.3) is 0 Å². The Kier molecular flexibility index (Phi) is 7.03. The zero-order chi connectivity index (χ0) is 20.8. The van der Waals surface area contributed by atoms with E-state index in [-0.39, 0.29) is 11.9 Å². The highest BCUT2D eigenvalue weighted by Crippen LogP contribution is 2.36. The van der Waals surface area contributed by atoms with E-state index in [0.29, 0.717) is 30.7 Å². The van der Waals surface area contributed by atoms with Gasteiger partial charge < -0.3 is 20.7 Å². The lowest BCUT2D eigenvalue weighted by Crippen LogP contribution is -2.47. The number of rotatable bonds is 6. The highest BCUT2D eigenvalue weighted by atomic mass is 16.5. The van der Waals surface area contributed by atoms with Crippen LogP contribution in [0.5, 0.6) is 5.75 Å². The quantitative estimate of drug-likeness (QED) is 0.719. The molecule has 0 aliphatic carbocycles. The van der Waals surface area contributed by atoms with Crippen LogP contribution in [0.1, 0.15) is 53.9 Å². The molecule has 0 aromatic heterocycles. The molecule has 3 atom stereocenters. The standard InChI is InChI=1S/C25H33N3O2/c26-14-8-16-30-21-12-7-11-20(17-21)25(29)28-18-22(19-9-3-1-4-10-19)24-23(28)13-5-2-6-15-27-24/h1,3-4,7,9-12,17,22-24,27H,2,5-6,8,13-16,18,26H2/t22-,23-,24-/m0/s1. The molecular formula is C25H33N3O2. The van der Waals surface area contributed by atoms with E-state index in [0.717, 1.165) is 31.7 Å². The van der Waals surface area contributed by atoms with Gasteiger partial charge in [-0.05, 0) is 56.1 Å². The van der Waals surface area contributed by atoms with Gasteiger partial charge in [0.05, 0.1) is 6.61 Å². The summed E-state index contributed by atoms with van der Waals surface area (Å²) in [6, 6.07) is 18.8. The van der Waals surface area contributed by atoms with E-state index in [9.17, 15) is 4.79 Å². The maximum atomic E-state index is 13.6. The molecule has 160 valence electrons. The molecule has 2 aromatic rings. The maximum absolute atomic E-state index is 13.6. The van der Waals surface area contributed by atoms with E-state index in [1.807, 2.05) is 24.3 Å². The summed E-state index contributed by atoms with van der Waals surface area (Å²) in [6.07, 6.45) is 5.47. The van der Waals surface area contributed by atoms with Gasteiger partial charge in [-0.3, -0.25) is 4.79 Å². The predicted octanol–water partition coefficient (Wildman–Crippen LogP) is 3.55. The minimum absolute atomic E-state index is 0.107. The van der Waals surface area contributed by atoms with Crippen molar-refractivity contribution in [3.05, 3.63) is 65.7 Å². The van der Waals surface area contributed by atoms with Crippen molar-refractivity contribution in [2.24, 2.45) is 5.73 Å². The molecular weight excluding hydrogens is 374 g/mol. The molecule has 3 N–H and O–H groups in total. The summed E-state index contributed by atoms with van der Waals surface area (Å²) in [6.45, 7) is 2.95. The molecule has 0 saturated carbocycles. The Hall–Kier alpha value is -2.37. The fourth-order valence-electron chi connectivity index (χ4n) is 4.87. The van der Waals surface area contributed by atoms with Gasteiger partial charge in [-0.25, -0.2) is 0 Å². The molecule has 0 radical (unpaired) electrons. The van der Waals surface area contributed by atoms with E-state index in [1.165, 1.54) is 24.8 Å². The highest BCUT2D eigenvalue weighted by Gasteiger charge is 2.44. The van der Waals surface area contributed by atoms with Crippen molar-refractivity contribution in [2.45, 2.75) is 50.1 Å². The van der Waals surface area contributed by atoms with E-state index in [1.54, 1.807) is 0 Å². The normalized spacial score (nSPS) is 24.0. The van der Waals surface area contributed by atoms with Crippen molar-refractivity contribution in [1.82, 2.24) is 10.2 Å². The van der Waals surface area contributed by atoms with E-state index >= 15 is 0 Å². The first-order valence-electron chi connectivity index (χ1n) is 11.3. The number of nitrogens with one attached hydrogen (secondary N) is 1. The van der Waals surface area contributed by atoms with Crippen molar-refractivity contribution in [2.75, 3.05) is 26.2 Å². The second-order valence-electron chi connectivity index (χ2n) is 8.39. The Morgan fingerprint density at radius 1 is 1.10 bits per heavy atom. The number of nitrogens with zero attached hydrogens (tertiary/aromatic N) is 1. The molecule has 2 saturated heterocycles. The number of amides is 1. The van der Waals surface area contributed by atoms with Crippen molar-refractivity contribution in [3.63, 3.8) is 0 Å². The van der Waals surface area contributed by atoms with Crippen LogP contribution >= 0.6 is 0 Å². The molecule has 0 bridgehead atoms. The third-order valence-corrected chi connectivity index (χ3v) is 6.39. The van der Waals surface area contributed by atoms with Crippen LogP contribution in [-0.2, 0) is 0 Å². The number of hydrogen-bond acceptors (Lipinski definition) is 4. The SMILES string of the molecule is NCCCOc1cccc(C(=O)N2C[C@@H](c3ccccc3)[C@@H]3NCCCCC[C@@H]32)c1. The number of hydrogen-bond donors (Lipinski definition) is 2. The van der Waals surface area contributed by atoms with E-state index < -0.39 is 0 Å². The first-order chi connectivity index (χ1) is 14.8. The average molecular weight is 408 g/mol. The molecule has 2 aromatic carbocycles. The highest BCUT2D eigenvalue weighted by molar-refractivity contribution is 5.95. The molecule has 0 unspecified atom stereocenters.